The number of oxazole rings is 2. The standard InChI is InChI=1S/C28H26N4O2/c29-12-10-19-4-1-6-21(14-19)25-17-31-27(33-25)23-8-3-9-24(16-23)28-32-18-26(34-28)22-7-2-5-20(15-22)11-13-30/h1-9,14-18H,10-13,29-30H2. The van der Waals surface area contributed by atoms with Gasteiger partial charge in [-0.05, 0) is 67.4 Å². The predicted molar refractivity (Wildman–Crippen MR) is 134 cm³/mol. The van der Waals surface area contributed by atoms with Gasteiger partial charge in [0.25, 0.3) is 0 Å². The Labute approximate surface area is 198 Å². The van der Waals surface area contributed by atoms with Crippen molar-refractivity contribution in [2.45, 2.75) is 12.8 Å². The lowest BCUT2D eigenvalue weighted by molar-refractivity contribution is 0.586. The van der Waals surface area contributed by atoms with Gasteiger partial charge in [0.1, 0.15) is 0 Å². The number of aromatic nitrogens is 2. The van der Waals surface area contributed by atoms with E-state index in [2.05, 4.69) is 34.2 Å². The molecule has 0 saturated heterocycles. The normalized spacial score (nSPS) is 11.1. The summed E-state index contributed by atoms with van der Waals surface area (Å²) in [5, 5.41) is 0. The minimum atomic E-state index is 0.544. The lowest BCUT2D eigenvalue weighted by atomic mass is 10.1. The summed E-state index contributed by atoms with van der Waals surface area (Å²) < 4.78 is 12.2. The Balaban J connectivity index is 1.40. The van der Waals surface area contributed by atoms with Gasteiger partial charge >= 0.3 is 0 Å². The topological polar surface area (TPSA) is 104 Å². The monoisotopic (exact) mass is 450 g/mol. The minimum Gasteiger partial charge on any atom is -0.436 e. The van der Waals surface area contributed by atoms with Crippen LogP contribution in [0.3, 0.4) is 0 Å². The number of benzene rings is 3. The molecule has 0 fully saturated rings. The van der Waals surface area contributed by atoms with Crippen LogP contribution in [0.15, 0.2) is 94.0 Å². The van der Waals surface area contributed by atoms with E-state index in [0.717, 1.165) is 46.6 Å². The SMILES string of the molecule is NCCc1cccc(-c2cnc(-c3cccc(-c4ncc(-c5cccc(CCN)c5)o4)c3)o2)c1. The van der Waals surface area contributed by atoms with Gasteiger partial charge in [-0.2, -0.15) is 0 Å². The summed E-state index contributed by atoms with van der Waals surface area (Å²) in [5.74, 6) is 2.52. The molecule has 0 bridgehead atoms. The maximum Gasteiger partial charge on any atom is 0.226 e. The van der Waals surface area contributed by atoms with Crippen molar-refractivity contribution in [2.24, 2.45) is 11.5 Å². The van der Waals surface area contributed by atoms with Crippen molar-refractivity contribution in [1.29, 1.82) is 0 Å². The lowest BCUT2D eigenvalue weighted by Crippen LogP contribution is -2.02. The van der Waals surface area contributed by atoms with Crippen LogP contribution in [0.4, 0.5) is 0 Å². The smallest absolute Gasteiger partial charge is 0.226 e. The molecule has 0 aliphatic carbocycles. The zero-order valence-corrected chi connectivity index (χ0v) is 18.8. The van der Waals surface area contributed by atoms with E-state index < -0.39 is 0 Å². The molecule has 170 valence electrons. The first-order valence-corrected chi connectivity index (χ1v) is 11.3. The Kier molecular flexibility index (Phi) is 6.33. The van der Waals surface area contributed by atoms with E-state index in [0.29, 0.717) is 24.9 Å². The molecule has 4 N–H and O–H groups in total. The van der Waals surface area contributed by atoms with Crippen molar-refractivity contribution < 1.29 is 8.83 Å². The molecule has 5 aromatic rings. The van der Waals surface area contributed by atoms with E-state index >= 15 is 0 Å². The highest BCUT2D eigenvalue weighted by Crippen LogP contribution is 2.31. The second-order valence-electron chi connectivity index (χ2n) is 8.12. The zero-order valence-electron chi connectivity index (χ0n) is 18.8. The van der Waals surface area contributed by atoms with E-state index in [1.165, 1.54) is 11.1 Å². The molecule has 0 aliphatic rings. The average molecular weight is 451 g/mol. The highest BCUT2D eigenvalue weighted by atomic mass is 16.4. The fraction of sp³-hybridized carbons (Fsp3) is 0.143. The van der Waals surface area contributed by atoms with Gasteiger partial charge < -0.3 is 20.3 Å². The van der Waals surface area contributed by atoms with Gasteiger partial charge in [0.15, 0.2) is 11.5 Å². The van der Waals surface area contributed by atoms with Crippen LogP contribution in [0.2, 0.25) is 0 Å². The van der Waals surface area contributed by atoms with Crippen molar-refractivity contribution in [2.75, 3.05) is 13.1 Å². The van der Waals surface area contributed by atoms with Crippen molar-refractivity contribution in [3.63, 3.8) is 0 Å². The largest absolute Gasteiger partial charge is 0.436 e. The van der Waals surface area contributed by atoms with Gasteiger partial charge in [0.05, 0.1) is 12.4 Å². The molecular formula is C28H26N4O2. The minimum absolute atomic E-state index is 0.544. The number of nitrogens with two attached hydrogens (primary N) is 2. The van der Waals surface area contributed by atoms with Gasteiger partial charge in [-0.25, -0.2) is 9.97 Å². The lowest BCUT2D eigenvalue weighted by Gasteiger charge is -2.02. The van der Waals surface area contributed by atoms with E-state index in [4.69, 9.17) is 20.3 Å². The molecule has 6 heteroatoms. The molecule has 34 heavy (non-hydrogen) atoms. The Bertz CT molecular complexity index is 1300. The molecule has 0 aliphatic heterocycles. The third-order valence-corrected chi connectivity index (χ3v) is 5.66. The highest BCUT2D eigenvalue weighted by molar-refractivity contribution is 5.68. The molecule has 3 aromatic carbocycles. The van der Waals surface area contributed by atoms with Gasteiger partial charge in [-0.3, -0.25) is 0 Å². The van der Waals surface area contributed by atoms with Crippen molar-refractivity contribution >= 4 is 0 Å². The van der Waals surface area contributed by atoms with Crippen molar-refractivity contribution in [3.8, 4) is 45.6 Å². The number of nitrogens with zero attached hydrogens (tertiary/aromatic N) is 2. The zero-order chi connectivity index (χ0) is 23.3. The van der Waals surface area contributed by atoms with Crippen LogP contribution < -0.4 is 11.5 Å². The average Bonchev–Trinajstić information content (AvgIpc) is 3.56. The first-order chi connectivity index (χ1) is 16.7. The summed E-state index contributed by atoms with van der Waals surface area (Å²) in [5.41, 5.74) is 17.4. The molecule has 0 spiro atoms. The van der Waals surface area contributed by atoms with Crippen molar-refractivity contribution in [3.05, 3.63) is 96.3 Å². The second-order valence-corrected chi connectivity index (χ2v) is 8.12. The Morgan fingerprint density at radius 2 is 1.00 bits per heavy atom. The third-order valence-electron chi connectivity index (χ3n) is 5.66. The number of rotatable bonds is 8. The maximum atomic E-state index is 6.09. The van der Waals surface area contributed by atoms with E-state index in [-0.39, 0.29) is 0 Å². The number of hydrogen-bond donors (Lipinski definition) is 2. The summed E-state index contributed by atoms with van der Waals surface area (Å²) in [6, 6.07) is 24.2. The number of hydrogen-bond acceptors (Lipinski definition) is 6. The molecule has 2 aromatic heterocycles. The first kappa shape index (κ1) is 21.8. The van der Waals surface area contributed by atoms with Gasteiger partial charge in [0.2, 0.25) is 11.8 Å². The van der Waals surface area contributed by atoms with Crippen LogP contribution in [0, 0.1) is 0 Å². The summed E-state index contributed by atoms with van der Waals surface area (Å²) in [4.78, 5) is 9.00. The van der Waals surface area contributed by atoms with Crippen LogP contribution in [-0.2, 0) is 12.8 Å². The molecule has 0 radical (unpaired) electrons. The summed E-state index contributed by atoms with van der Waals surface area (Å²) in [7, 11) is 0. The molecule has 6 nitrogen and oxygen atoms in total. The molecule has 5 rings (SSSR count). The van der Waals surface area contributed by atoms with Gasteiger partial charge in [-0.15, -0.1) is 0 Å². The summed E-state index contributed by atoms with van der Waals surface area (Å²) in [6.45, 7) is 1.22. The Morgan fingerprint density at radius 3 is 1.47 bits per heavy atom. The quantitative estimate of drug-likeness (QED) is 0.331. The molecule has 0 saturated carbocycles. The fourth-order valence-corrected chi connectivity index (χ4v) is 3.96. The second kappa shape index (κ2) is 9.87. The van der Waals surface area contributed by atoms with Crippen LogP contribution in [0.25, 0.3) is 45.6 Å². The predicted octanol–water partition coefficient (Wildman–Crippen LogP) is 5.33. The van der Waals surface area contributed by atoms with E-state index in [1.807, 2.05) is 48.5 Å². The molecule has 2 heterocycles. The van der Waals surface area contributed by atoms with Crippen LogP contribution in [-0.4, -0.2) is 23.1 Å². The fourth-order valence-electron chi connectivity index (χ4n) is 3.96. The maximum absolute atomic E-state index is 6.09. The Morgan fingerprint density at radius 1 is 0.559 bits per heavy atom. The Hall–Kier alpha value is -4.00. The van der Waals surface area contributed by atoms with Gasteiger partial charge in [-0.1, -0.05) is 42.5 Å². The summed E-state index contributed by atoms with van der Waals surface area (Å²) in [6.07, 6.45) is 5.15. The first-order valence-electron chi connectivity index (χ1n) is 11.3. The molecule has 0 atom stereocenters. The van der Waals surface area contributed by atoms with Crippen LogP contribution in [0.5, 0.6) is 0 Å². The highest BCUT2D eigenvalue weighted by Gasteiger charge is 2.13. The van der Waals surface area contributed by atoms with Crippen LogP contribution in [0.1, 0.15) is 11.1 Å². The van der Waals surface area contributed by atoms with Crippen LogP contribution >= 0.6 is 0 Å². The van der Waals surface area contributed by atoms with Crippen molar-refractivity contribution in [1.82, 2.24) is 9.97 Å². The van der Waals surface area contributed by atoms with Gasteiger partial charge in [0, 0.05) is 22.3 Å². The molecule has 0 unspecified atom stereocenters. The van der Waals surface area contributed by atoms with E-state index in [9.17, 15) is 0 Å². The third kappa shape index (κ3) is 4.69. The van der Waals surface area contributed by atoms with E-state index in [1.54, 1.807) is 12.4 Å². The summed E-state index contributed by atoms with van der Waals surface area (Å²) >= 11 is 0. The molecular weight excluding hydrogens is 424 g/mol. The molecule has 0 amide bonds.